The molecule has 0 atom stereocenters. The van der Waals surface area contributed by atoms with Gasteiger partial charge < -0.3 is 5.73 Å². The van der Waals surface area contributed by atoms with E-state index >= 15 is 0 Å². The molecule has 0 aliphatic heterocycles. The van der Waals surface area contributed by atoms with Gasteiger partial charge in [-0.25, -0.2) is 0 Å². The smallest absolute Gasteiger partial charge is 0.0950 e. The van der Waals surface area contributed by atoms with Crippen molar-refractivity contribution in [3.8, 4) is 0 Å². The van der Waals surface area contributed by atoms with Gasteiger partial charge >= 0.3 is 0 Å². The van der Waals surface area contributed by atoms with Crippen LogP contribution in [0.5, 0.6) is 0 Å². The third kappa shape index (κ3) is 3.74. The molecule has 0 radical (unpaired) electrons. The number of rotatable bonds is 2. The fourth-order valence-electron chi connectivity index (χ4n) is 0.867. The van der Waals surface area contributed by atoms with Gasteiger partial charge in [-0.3, -0.25) is 5.41 Å². The second-order valence-electron chi connectivity index (χ2n) is 2.33. The molecule has 1 aromatic carbocycles. The first-order valence-electron chi connectivity index (χ1n) is 3.26. The lowest BCUT2D eigenvalue weighted by molar-refractivity contribution is 1.25. The number of hydrogen-bond acceptors (Lipinski definition) is 1. The Bertz CT molecular complexity index is 276. The first kappa shape index (κ1) is 11.5. The minimum atomic E-state index is 0. The van der Waals surface area contributed by atoms with Crippen molar-refractivity contribution in [1.82, 2.24) is 0 Å². The minimum absolute atomic E-state index is 0. The summed E-state index contributed by atoms with van der Waals surface area (Å²) < 4.78 is 0. The van der Waals surface area contributed by atoms with Crippen LogP contribution in [0.1, 0.15) is 5.56 Å². The van der Waals surface area contributed by atoms with E-state index in [9.17, 15) is 0 Å². The maximum atomic E-state index is 7.04. The molecule has 1 rings (SSSR count). The first-order valence-corrected chi connectivity index (χ1v) is 3.63. The summed E-state index contributed by atoms with van der Waals surface area (Å²) in [6, 6.07) is 7.35. The van der Waals surface area contributed by atoms with Gasteiger partial charge in [-0.1, -0.05) is 23.7 Å². The van der Waals surface area contributed by atoms with Crippen molar-refractivity contribution in [3.05, 3.63) is 34.9 Å². The molecular weight excluding hydrogens is 239 g/mol. The van der Waals surface area contributed by atoms with Gasteiger partial charge in [0.25, 0.3) is 0 Å². The van der Waals surface area contributed by atoms with Crippen LogP contribution in [0.2, 0.25) is 5.02 Å². The molecule has 0 saturated heterocycles. The van der Waals surface area contributed by atoms with E-state index in [-0.39, 0.29) is 22.8 Å². The Labute approximate surface area is 87.0 Å². The van der Waals surface area contributed by atoms with Crippen molar-refractivity contribution >= 4 is 34.4 Å². The molecule has 0 heterocycles. The van der Waals surface area contributed by atoms with Gasteiger partial charge in [-0.2, -0.15) is 0 Å². The number of nitrogens with one attached hydrogen (secondary N) is 1. The third-order valence-corrected chi connectivity index (χ3v) is 1.52. The summed E-state index contributed by atoms with van der Waals surface area (Å²) >= 11 is 5.72. The van der Waals surface area contributed by atoms with Crippen molar-refractivity contribution in [2.24, 2.45) is 5.73 Å². The Balaban J connectivity index is 0.00000121. The van der Waals surface area contributed by atoms with Crippen LogP contribution in [-0.2, 0) is 6.42 Å². The Morgan fingerprint density at radius 3 is 2.67 bits per heavy atom. The number of benzene rings is 1. The molecule has 1 aromatic rings. The second kappa shape index (κ2) is 5.17. The summed E-state index contributed by atoms with van der Waals surface area (Å²) in [5.74, 6) is 0.160. The molecule has 0 aliphatic rings. The standard InChI is InChI=1S/C8H9ClN2.BrH/c9-7-3-1-2-6(4-7)5-8(10)11;/h1-4H,5H2,(H3,10,11);1H. The van der Waals surface area contributed by atoms with E-state index < -0.39 is 0 Å². The highest BCUT2D eigenvalue weighted by Crippen LogP contribution is 2.10. The van der Waals surface area contributed by atoms with Crippen LogP contribution in [0, 0.1) is 5.41 Å². The number of hydrogen-bond donors (Lipinski definition) is 2. The van der Waals surface area contributed by atoms with E-state index in [0.717, 1.165) is 5.56 Å². The topological polar surface area (TPSA) is 49.9 Å². The van der Waals surface area contributed by atoms with Gasteiger partial charge in [-0.15, -0.1) is 17.0 Å². The molecule has 0 saturated carbocycles. The van der Waals surface area contributed by atoms with Gasteiger partial charge in [0, 0.05) is 11.4 Å². The predicted octanol–water partition coefficient (Wildman–Crippen LogP) is 2.40. The van der Waals surface area contributed by atoms with Gasteiger partial charge in [0.2, 0.25) is 0 Å². The SMILES string of the molecule is Br.N=C(N)Cc1cccc(Cl)c1. The molecule has 0 unspecified atom stereocenters. The summed E-state index contributed by atoms with van der Waals surface area (Å²) in [6.45, 7) is 0. The molecule has 0 amide bonds. The normalized spacial score (nSPS) is 8.75. The third-order valence-electron chi connectivity index (χ3n) is 1.28. The lowest BCUT2D eigenvalue weighted by Gasteiger charge is -1.98. The molecule has 0 aromatic heterocycles. The lowest BCUT2D eigenvalue weighted by Crippen LogP contribution is -2.12. The fraction of sp³-hybridized carbons (Fsp3) is 0.125. The van der Waals surface area contributed by atoms with Crippen molar-refractivity contribution in [2.75, 3.05) is 0 Å². The highest BCUT2D eigenvalue weighted by molar-refractivity contribution is 8.93. The fourth-order valence-corrected chi connectivity index (χ4v) is 1.08. The second-order valence-corrected chi connectivity index (χ2v) is 2.77. The molecule has 0 bridgehead atoms. The van der Waals surface area contributed by atoms with E-state index in [4.69, 9.17) is 22.7 Å². The monoisotopic (exact) mass is 248 g/mol. The van der Waals surface area contributed by atoms with Crippen molar-refractivity contribution < 1.29 is 0 Å². The number of amidine groups is 1. The Kier molecular flexibility index (Phi) is 4.93. The van der Waals surface area contributed by atoms with Crippen molar-refractivity contribution in [1.29, 1.82) is 5.41 Å². The maximum absolute atomic E-state index is 7.04. The summed E-state index contributed by atoms with van der Waals surface area (Å²) in [5.41, 5.74) is 6.19. The van der Waals surface area contributed by atoms with Gasteiger partial charge in [0.1, 0.15) is 0 Å². The molecule has 66 valence electrons. The lowest BCUT2D eigenvalue weighted by atomic mass is 10.1. The summed E-state index contributed by atoms with van der Waals surface area (Å²) in [6.07, 6.45) is 0.473. The highest BCUT2D eigenvalue weighted by atomic mass is 79.9. The zero-order chi connectivity index (χ0) is 8.27. The van der Waals surface area contributed by atoms with E-state index in [1.165, 1.54) is 0 Å². The minimum Gasteiger partial charge on any atom is -0.387 e. The zero-order valence-corrected chi connectivity index (χ0v) is 8.85. The van der Waals surface area contributed by atoms with Crippen LogP contribution in [0.4, 0.5) is 0 Å². The molecule has 4 heteroatoms. The molecule has 12 heavy (non-hydrogen) atoms. The largest absolute Gasteiger partial charge is 0.387 e. The summed E-state index contributed by atoms with van der Waals surface area (Å²) in [5, 5.41) is 7.72. The molecule has 2 nitrogen and oxygen atoms in total. The average molecular weight is 250 g/mol. The van der Waals surface area contributed by atoms with Crippen LogP contribution < -0.4 is 5.73 Å². The highest BCUT2D eigenvalue weighted by Gasteiger charge is 1.94. The van der Waals surface area contributed by atoms with Gasteiger partial charge in [0.15, 0.2) is 0 Å². The summed E-state index contributed by atoms with van der Waals surface area (Å²) in [4.78, 5) is 0. The zero-order valence-electron chi connectivity index (χ0n) is 6.38. The van der Waals surface area contributed by atoms with Crippen LogP contribution in [0.3, 0.4) is 0 Å². The van der Waals surface area contributed by atoms with Crippen LogP contribution in [0.15, 0.2) is 24.3 Å². The van der Waals surface area contributed by atoms with Crippen LogP contribution >= 0.6 is 28.6 Å². The molecule has 3 N–H and O–H groups in total. The van der Waals surface area contributed by atoms with E-state index in [1.807, 2.05) is 18.2 Å². The van der Waals surface area contributed by atoms with Gasteiger partial charge in [0.05, 0.1) is 5.84 Å². The van der Waals surface area contributed by atoms with E-state index in [1.54, 1.807) is 6.07 Å². The quantitative estimate of drug-likeness (QED) is 0.614. The summed E-state index contributed by atoms with van der Waals surface area (Å²) in [7, 11) is 0. The molecule has 0 aliphatic carbocycles. The Hall–Kier alpha value is -0.540. The average Bonchev–Trinajstić information content (AvgIpc) is 1.85. The first-order chi connectivity index (χ1) is 5.18. The molecule has 0 spiro atoms. The molecular formula is C8H10BrClN2. The van der Waals surface area contributed by atoms with Crippen molar-refractivity contribution in [3.63, 3.8) is 0 Å². The van der Waals surface area contributed by atoms with E-state index in [2.05, 4.69) is 0 Å². The number of halogens is 2. The van der Waals surface area contributed by atoms with Crippen LogP contribution in [-0.4, -0.2) is 5.84 Å². The maximum Gasteiger partial charge on any atom is 0.0950 e. The Morgan fingerprint density at radius 2 is 2.17 bits per heavy atom. The Morgan fingerprint density at radius 1 is 1.50 bits per heavy atom. The van der Waals surface area contributed by atoms with E-state index in [0.29, 0.717) is 11.4 Å². The number of nitrogens with two attached hydrogens (primary N) is 1. The van der Waals surface area contributed by atoms with Crippen LogP contribution in [0.25, 0.3) is 0 Å². The van der Waals surface area contributed by atoms with Crippen molar-refractivity contribution in [2.45, 2.75) is 6.42 Å². The predicted molar refractivity (Wildman–Crippen MR) is 57.4 cm³/mol. The van der Waals surface area contributed by atoms with Gasteiger partial charge in [-0.05, 0) is 17.7 Å². The molecule has 0 fully saturated rings.